The Balaban J connectivity index is 2.21. The van der Waals surface area contributed by atoms with Crippen LogP contribution < -0.4 is 5.32 Å². The zero-order valence-corrected chi connectivity index (χ0v) is 12.4. The van der Waals surface area contributed by atoms with E-state index >= 15 is 0 Å². The van der Waals surface area contributed by atoms with E-state index in [9.17, 15) is 18.0 Å². The summed E-state index contributed by atoms with van der Waals surface area (Å²) < 4.78 is 43.5. The Hall–Kier alpha value is -2.28. The molecule has 124 valence electrons. The molecule has 0 aliphatic carbocycles. The quantitative estimate of drug-likeness (QED) is 0.884. The van der Waals surface area contributed by atoms with Gasteiger partial charge in [-0.25, -0.2) is 0 Å². The molecule has 0 aliphatic heterocycles. The van der Waals surface area contributed by atoms with Crippen molar-refractivity contribution in [1.29, 1.82) is 0 Å². The zero-order valence-electron chi connectivity index (χ0n) is 12.4. The lowest BCUT2D eigenvalue weighted by Gasteiger charge is -2.12. The Labute approximate surface area is 130 Å². The van der Waals surface area contributed by atoms with E-state index < -0.39 is 23.7 Å². The number of rotatable bonds is 5. The molecule has 1 amide bonds. The van der Waals surface area contributed by atoms with Crippen LogP contribution in [0.25, 0.3) is 11.3 Å². The van der Waals surface area contributed by atoms with Crippen LogP contribution in [0.4, 0.5) is 13.2 Å². The molecule has 4 nitrogen and oxygen atoms in total. The number of furan rings is 1. The Morgan fingerprint density at radius 1 is 1.30 bits per heavy atom. The number of carbonyl (C=O) groups is 1. The lowest BCUT2D eigenvalue weighted by Crippen LogP contribution is -2.36. The lowest BCUT2D eigenvalue weighted by atomic mass is 10.1. The fourth-order valence-electron chi connectivity index (χ4n) is 2.00. The number of amides is 1. The molecule has 1 aromatic heterocycles. The summed E-state index contributed by atoms with van der Waals surface area (Å²) in [6.07, 6.45) is -3.90. The largest absolute Gasteiger partial charge is 0.451 e. The summed E-state index contributed by atoms with van der Waals surface area (Å²) in [5, 5.41) is 11.6. The maximum absolute atomic E-state index is 12.7. The molecule has 2 aromatic rings. The Morgan fingerprint density at radius 3 is 2.65 bits per heavy atom. The van der Waals surface area contributed by atoms with Gasteiger partial charge < -0.3 is 14.8 Å². The molecule has 2 N–H and O–H groups in total. The van der Waals surface area contributed by atoms with Crippen LogP contribution in [0, 0.1) is 0 Å². The van der Waals surface area contributed by atoms with Gasteiger partial charge in [0.15, 0.2) is 5.76 Å². The van der Waals surface area contributed by atoms with Crippen LogP contribution in [0.1, 0.15) is 29.5 Å². The normalized spacial score (nSPS) is 12.9. The van der Waals surface area contributed by atoms with Crippen molar-refractivity contribution >= 4 is 5.91 Å². The van der Waals surface area contributed by atoms with Gasteiger partial charge in [-0.2, -0.15) is 13.2 Å². The topological polar surface area (TPSA) is 62.5 Å². The third-order valence-electron chi connectivity index (χ3n) is 3.35. The summed E-state index contributed by atoms with van der Waals surface area (Å²) >= 11 is 0. The number of alkyl halides is 3. The predicted molar refractivity (Wildman–Crippen MR) is 77.8 cm³/mol. The van der Waals surface area contributed by atoms with Crippen molar-refractivity contribution in [1.82, 2.24) is 5.32 Å². The maximum Gasteiger partial charge on any atom is 0.416 e. The Bertz CT molecular complexity index is 675. The number of aliphatic hydroxyl groups excluding tert-OH is 1. The average Bonchev–Trinajstić information content (AvgIpc) is 3.02. The van der Waals surface area contributed by atoms with Crippen LogP contribution in [0.15, 0.2) is 40.8 Å². The molecular formula is C16H16F3NO3. The molecule has 0 bridgehead atoms. The van der Waals surface area contributed by atoms with E-state index in [0.717, 1.165) is 12.1 Å². The predicted octanol–water partition coefficient (Wildman–Crippen LogP) is 3.47. The third kappa shape index (κ3) is 4.13. The summed E-state index contributed by atoms with van der Waals surface area (Å²) in [5.74, 6) is -0.383. The Kier molecular flexibility index (Phi) is 5.10. The second-order valence-corrected chi connectivity index (χ2v) is 5.00. The van der Waals surface area contributed by atoms with Crippen molar-refractivity contribution in [2.45, 2.75) is 25.6 Å². The SMILES string of the molecule is CCC(CO)NC(=O)c1ccc(-c2cccc(C(F)(F)F)c2)o1. The van der Waals surface area contributed by atoms with Crippen LogP contribution in [-0.2, 0) is 6.18 Å². The highest BCUT2D eigenvalue weighted by Gasteiger charge is 2.30. The fourth-order valence-corrected chi connectivity index (χ4v) is 2.00. The summed E-state index contributed by atoms with van der Waals surface area (Å²) in [5.41, 5.74) is -0.559. The van der Waals surface area contributed by atoms with E-state index in [1.165, 1.54) is 24.3 Å². The van der Waals surface area contributed by atoms with Crippen LogP contribution in [0.5, 0.6) is 0 Å². The molecule has 7 heteroatoms. The molecule has 0 spiro atoms. The van der Waals surface area contributed by atoms with Gasteiger partial charge in [0, 0.05) is 5.56 Å². The van der Waals surface area contributed by atoms with Crippen LogP contribution in [0.3, 0.4) is 0 Å². The van der Waals surface area contributed by atoms with Gasteiger partial charge in [0.25, 0.3) is 5.91 Å². The van der Waals surface area contributed by atoms with Gasteiger partial charge in [0.1, 0.15) is 5.76 Å². The number of halogens is 3. The van der Waals surface area contributed by atoms with Gasteiger partial charge in [-0.1, -0.05) is 19.1 Å². The van der Waals surface area contributed by atoms with Gasteiger partial charge in [0.2, 0.25) is 0 Å². The van der Waals surface area contributed by atoms with E-state index in [-0.39, 0.29) is 23.7 Å². The van der Waals surface area contributed by atoms with Gasteiger partial charge in [-0.3, -0.25) is 4.79 Å². The van der Waals surface area contributed by atoms with Crippen LogP contribution >= 0.6 is 0 Å². The molecule has 0 saturated heterocycles. The zero-order chi connectivity index (χ0) is 17.0. The van der Waals surface area contributed by atoms with Gasteiger partial charge in [-0.15, -0.1) is 0 Å². The standard InChI is InChI=1S/C16H16F3NO3/c1-2-12(9-21)20-15(22)14-7-6-13(23-14)10-4-3-5-11(8-10)16(17,18)19/h3-8,12,21H,2,9H2,1H3,(H,20,22). The number of nitrogens with one attached hydrogen (secondary N) is 1. The van der Waals surface area contributed by atoms with Crippen LogP contribution in [-0.4, -0.2) is 23.7 Å². The summed E-state index contributed by atoms with van der Waals surface area (Å²) in [6.45, 7) is 1.60. The van der Waals surface area contributed by atoms with Gasteiger partial charge >= 0.3 is 6.18 Å². The third-order valence-corrected chi connectivity index (χ3v) is 3.35. The first-order chi connectivity index (χ1) is 10.8. The molecule has 2 rings (SSSR count). The summed E-state index contributed by atoms with van der Waals surface area (Å²) in [7, 11) is 0. The van der Waals surface area contributed by atoms with Gasteiger partial charge in [-0.05, 0) is 30.7 Å². The fraction of sp³-hybridized carbons (Fsp3) is 0.312. The van der Waals surface area contributed by atoms with Crippen molar-refractivity contribution in [2.75, 3.05) is 6.61 Å². The first kappa shape index (κ1) is 17.1. The van der Waals surface area contributed by atoms with Crippen molar-refractivity contribution in [3.63, 3.8) is 0 Å². The first-order valence-corrected chi connectivity index (χ1v) is 7.04. The minimum absolute atomic E-state index is 0.0238. The van der Waals surface area contributed by atoms with E-state index in [1.54, 1.807) is 6.92 Å². The lowest BCUT2D eigenvalue weighted by molar-refractivity contribution is -0.137. The van der Waals surface area contributed by atoms with E-state index in [2.05, 4.69) is 5.32 Å². The summed E-state index contributed by atoms with van der Waals surface area (Å²) in [4.78, 5) is 11.9. The van der Waals surface area contributed by atoms with E-state index in [0.29, 0.717) is 6.42 Å². The molecule has 1 unspecified atom stereocenters. The van der Waals surface area contributed by atoms with E-state index in [1.807, 2.05) is 0 Å². The highest BCUT2D eigenvalue weighted by Crippen LogP contribution is 2.32. The maximum atomic E-state index is 12.7. The van der Waals surface area contributed by atoms with Crippen molar-refractivity contribution < 1.29 is 27.5 Å². The second-order valence-electron chi connectivity index (χ2n) is 5.00. The molecular weight excluding hydrogens is 311 g/mol. The second kappa shape index (κ2) is 6.87. The highest BCUT2D eigenvalue weighted by molar-refractivity contribution is 5.92. The number of hydrogen-bond donors (Lipinski definition) is 2. The smallest absolute Gasteiger partial charge is 0.416 e. The first-order valence-electron chi connectivity index (χ1n) is 7.04. The summed E-state index contributed by atoms with van der Waals surface area (Å²) in [6, 6.07) is 7.09. The van der Waals surface area contributed by atoms with Gasteiger partial charge in [0.05, 0.1) is 18.2 Å². The molecule has 1 heterocycles. The molecule has 1 atom stereocenters. The molecule has 0 saturated carbocycles. The van der Waals surface area contributed by atoms with Crippen LogP contribution in [0.2, 0.25) is 0 Å². The monoisotopic (exact) mass is 327 g/mol. The molecule has 23 heavy (non-hydrogen) atoms. The highest BCUT2D eigenvalue weighted by atomic mass is 19.4. The van der Waals surface area contributed by atoms with E-state index in [4.69, 9.17) is 9.52 Å². The van der Waals surface area contributed by atoms with Crippen molar-refractivity contribution in [3.8, 4) is 11.3 Å². The Morgan fingerprint density at radius 2 is 2.04 bits per heavy atom. The molecule has 0 fully saturated rings. The average molecular weight is 327 g/mol. The number of hydrogen-bond acceptors (Lipinski definition) is 3. The van der Waals surface area contributed by atoms with Crippen molar-refractivity contribution in [3.05, 3.63) is 47.7 Å². The van der Waals surface area contributed by atoms with Crippen molar-refractivity contribution in [2.24, 2.45) is 0 Å². The molecule has 1 aromatic carbocycles. The molecule has 0 aliphatic rings. The number of aliphatic hydroxyl groups is 1. The number of carbonyl (C=O) groups excluding carboxylic acids is 1. The minimum Gasteiger partial charge on any atom is -0.451 e. The minimum atomic E-state index is -4.45. The molecule has 0 radical (unpaired) electrons. The number of benzene rings is 1.